The normalized spacial score (nSPS) is 11.1. The fourth-order valence-corrected chi connectivity index (χ4v) is 4.77. The van der Waals surface area contributed by atoms with E-state index in [0.29, 0.717) is 11.4 Å². The van der Waals surface area contributed by atoms with E-state index in [2.05, 4.69) is 31.8 Å². The molecule has 1 heterocycles. The van der Waals surface area contributed by atoms with Crippen molar-refractivity contribution in [2.75, 3.05) is 17.2 Å². The van der Waals surface area contributed by atoms with E-state index in [9.17, 15) is 32.3 Å². The molecule has 1 aromatic heterocycles. The molecule has 0 aliphatic carbocycles. The van der Waals surface area contributed by atoms with Gasteiger partial charge in [0.1, 0.15) is 17.2 Å². The lowest BCUT2D eigenvalue weighted by atomic mass is 10.1. The average molecular weight is 717 g/mol. The molecule has 0 fully saturated rings. The molecule has 5 rings (SSSR count). The fourth-order valence-electron chi connectivity index (χ4n) is 4.55. The van der Waals surface area contributed by atoms with Gasteiger partial charge in [-0.2, -0.15) is 13.2 Å². The summed E-state index contributed by atoms with van der Waals surface area (Å²) >= 11 is 5.61. The van der Waals surface area contributed by atoms with Crippen LogP contribution in [0, 0.1) is 0 Å². The van der Waals surface area contributed by atoms with E-state index in [4.69, 9.17) is 16.3 Å². The number of hydrogen-bond acceptors (Lipinski definition) is 6. The number of ether oxygens (including phenoxy) is 1. The lowest BCUT2D eigenvalue weighted by Crippen LogP contribution is -2.43. The van der Waals surface area contributed by atoms with Gasteiger partial charge in [-0.15, -0.1) is 0 Å². The topological polar surface area (TPSA) is 151 Å². The molecule has 0 saturated carbocycles. The first-order valence-electron chi connectivity index (χ1n) is 15.2. The number of aromatic nitrogens is 1. The maximum Gasteiger partial charge on any atom is 0.417 e. The number of pyridine rings is 1. The van der Waals surface area contributed by atoms with Gasteiger partial charge in [0.05, 0.1) is 10.6 Å². The summed E-state index contributed by atoms with van der Waals surface area (Å²) < 4.78 is 45.0. The van der Waals surface area contributed by atoms with Gasteiger partial charge in [-0.25, -0.2) is 4.79 Å². The number of hydrazine groups is 1. The van der Waals surface area contributed by atoms with Crippen molar-refractivity contribution in [3.8, 4) is 11.5 Å². The molecule has 51 heavy (non-hydrogen) atoms. The molecule has 0 atom stereocenters. The lowest BCUT2D eigenvalue weighted by Gasteiger charge is -2.13. The quantitative estimate of drug-likeness (QED) is 0.0755. The minimum atomic E-state index is -4.68. The number of urea groups is 1. The molecule has 260 valence electrons. The van der Waals surface area contributed by atoms with Crippen molar-refractivity contribution in [1.82, 2.24) is 21.2 Å². The van der Waals surface area contributed by atoms with Gasteiger partial charge >= 0.3 is 12.2 Å². The van der Waals surface area contributed by atoms with Crippen molar-refractivity contribution in [2.45, 2.75) is 12.6 Å². The first kappa shape index (κ1) is 35.9. The van der Waals surface area contributed by atoms with Crippen molar-refractivity contribution in [2.24, 2.45) is 0 Å². The fraction of sp³-hybridized carbons (Fsp3) is 0.0833. The van der Waals surface area contributed by atoms with Crippen LogP contribution in [0.1, 0.15) is 28.0 Å². The molecule has 0 unspecified atom stereocenters. The van der Waals surface area contributed by atoms with Gasteiger partial charge in [0.25, 0.3) is 5.91 Å². The summed E-state index contributed by atoms with van der Waals surface area (Å²) in [6.07, 6.45) is -0.406. The second-order valence-corrected chi connectivity index (χ2v) is 11.2. The number of carbonyl (C=O) groups is 4. The van der Waals surface area contributed by atoms with Crippen molar-refractivity contribution in [3.63, 3.8) is 0 Å². The highest BCUT2D eigenvalue weighted by molar-refractivity contribution is 6.31. The van der Waals surface area contributed by atoms with E-state index in [-0.39, 0.29) is 36.0 Å². The smallest absolute Gasteiger partial charge is 0.417 e. The average Bonchev–Trinajstić information content (AvgIpc) is 3.11. The maximum absolute atomic E-state index is 13.1. The minimum Gasteiger partial charge on any atom is -0.457 e. The molecule has 0 aliphatic heterocycles. The van der Waals surface area contributed by atoms with E-state index in [1.54, 1.807) is 6.08 Å². The predicted molar refractivity (Wildman–Crippen MR) is 186 cm³/mol. The van der Waals surface area contributed by atoms with Crippen LogP contribution in [0.2, 0.25) is 5.02 Å². The third-order valence-electron chi connectivity index (χ3n) is 7.01. The Morgan fingerprint density at radius 1 is 0.784 bits per heavy atom. The van der Waals surface area contributed by atoms with Crippen LogP contribution in [0.15, 0.2) is 109 Å². The molecular weight excluding hydrogens is 689 g/mol. The Morgan fingerprint density at radius 3 is 2.27 bits per heavy atom. The number of benzene rings is 4. The molecule has 0 aliphatic rings. The van der Waals surface area contributed by atoms with Crippen LogP contribution in [0.3, 0.4) is 0 Å². The van der Waals surface area contributed by atoms with Gasteiger partial charge in [0.2, 0.25) is 11.8 Å². The van der Waals surface area contributed by atoms with Crippen LogP contribution < -0.4 is 31.5 Å². The summed E-state index contributed by atoms with van der Waals surface area (Å²) in [6.45, 7) is 0.0360. The number of hydrogen-bond donors (Lipinski definition) is 5. The van der Waals surface area contributed by atoms with Crippen LogP contribution in [-0.4, -0.2) is 35.3 Å². The van der Waals surface area contributed by atoms with Gasteiger partial charge < -0.3 is 20.7 Å². The van der Waals surface area contributed by atoms with Crippen LogP contribution in [0.4, 0.5) is 29.3 Å². The maximum atomic E-state index is 13.1. The predicted octanol–water partition coefficient (Wildman–Crippen LogP) is 7.32. The Hall–Kier alpha value is -6.41. The van der Waals surface area contributed by atoms with Gasteiger partial charge in [-0.1, -0.05) is 48.0 Å². The number of halogens is 4. The van der Waals surface area contributed by atoms with Gasteiger partial charge in [-0.3, -0.25) is 30.2 Å². The second-order valence-electron chi connectivity index (χ2n) is 10.8. The molecule has 4 aromatic carbocycles. The molecule has 0 spiro atoms. The first-order chi connectivity index (χ1) is 24.4. The van der Waals surface area contributed by atoms with E-state index >= 15 is 0 Å². The van der Waals surface area contributed by atoms with Gasteiger partial charge in [0, 0.05) is 42.7 Å². The summed E-state index contributed by atoms with van der Waals surface area (Å²) in [6, 6.07) is 24.7. The highest BCUT2D eigenvalue weighted by Gasteiger charge is 2.33. The van der Waals surface area contributed by atoms with E-state index < -0.39 is 34.6 Å². The Morgan fingerprint density at radius 2 is 1.51 bits per heavy atom. The first-order valence-corrected chi connectivity index (χ1v) is 15.5. The number of anilines is 2. The Kier molecular flexibility index (Phi) is 11.5. The largest absolute Gasteiger partial charge is 0.457 e. The number of alkyl halides is 3. The van der Waals surface area contributed by atoms with Crippen LogP contribution in [0.25, 0.3) is 16.8 Å². The summed E-state index contributed by atoms with van der Waals surface area (Å²) in [5.41, 5.74) is 4.44. The third kappa shape index (κ3) is 10.5. The molecule has 0 saturated heterocycles. The van der Waals surface area contributed by atoms with Crippen LogP contribution in [0.5, 0.6) is 11.5 Å². The number of rotatable bonds is 10. The molecule has 5 amide bonds. The lowest BCUT2D eigenvalue weighted by molar-refractivity contribution is -0.137. The van der Waals surface area contributed by atoms with E-state index in [1.807, 2.05) is 42.5 Å². The van der Waals surface area contributed by atoms with Crippen molar-refractivity contribution >= 4 is 63.6 Å². The number of carbonyl (C=O) groups excluding carboxylic acids is 4. The highest BCUT2D eigenvalue weighted by atomic mass is 35.5. The summed E-state index contributed by atoms with van der Waals surface area (Å²) in [4.78, 5) is 53.2. The highest BCUT2D eigenvalue weighted by Crippen LogP contribution is 2.36. The van der Waals surface area contributed by atoms with E-state index in [0.717, 1.165) is 28.5 Å². The number of nitrogens with one attached hydrogen (secondary N) is 5. The van der Waals surface area contributed by atoms with Gasteiger partial charge in [-0.05, 0) is 77.0 Å². The summed E-state index contributed by atoms with van der Waals surface area (Å²) in [5, 5.41) is 9.07. The Labute approximate surface area is 293 Å². The third-order valence-corrected chi connectivity index (χ3v) is 7.34. The molecule has 11 nitrogen and oxygen atoms in total. The zero-order chi connectivity index (χ0) is 36.4. The standard InChI is InChI=1S/C36H28ClF3N6O5/c37-30-13-10-26(20-29(30)36(38,39)40)44-35(50)43-25-8-11-27(12-9-25)51-28-15-17-41-31(21-28)34(49)46-45-33(48)16-18-42-32(47)14-6-22-5-7-23-3-1-2-4-24(23)19-22/h1-15,17,19-21H,16,18H2,(H,42,47)(H,45,48)(H,46,49)(H2,43,44,50). The Bertz CT molecular complexity index is 2110. The zero-order valence-electron chi connectivity index (χ0n) is 26.4. The molecular formula is C36H28ClF3N6O5. The number of amides is 5. The minimum absolute atomic E-state index is 0.0360. The van der Waals surface area contributed by atoms with Crippen molar-refractivity contribution in [3.05, 3.63) is 131 Å². The second kappa shape index (κ2) is 16.3. The summed E-state index contributed by atoms with van der Waals surface area (Å²) in [7, 11) is 0. The van der Waals surface area contributed by atoms with Crippen LogP contribution in [-0.2, 0) is 15.8 Å². The zero-order valence-corrected chi connectivity index (χ0v) is 27.1. The number of nitrogens with zero attached hydrogens (tertiary/aromatic N) is 1. The molecule has 0 radical (unpaired) electrons. The Balaban J connectivity index is 1.04. The monoisotopic (exact) mass is 716 g/mol. The van der Waals surface area contributed by atoms with Crippen molar-refractivity contribution in [1.29, 1.82) is 0 Å². The SMILES string of the molecule is O=C(C=Cc1ccc2ccccc2c1)NCCC(=O)NNC(=O)c1cc(Oc2ccc(NC(=O)Nc3ccc(Cl)c(C(F)(F)F)c3)cc2)ccn1. The molecule has 15 heteroatoms. The number of fused-ring (bicyclic) bond motifs is 1. The summed E-state index contributed by atoms with van der Waals surface area (Å²) in [5.74, 6) is -1.07. The molecule has 0 bridgehead atoms. The van der Waals surface area contributed by atoms with Crippen LogP contribution >= 0.6 is 11.6 Å². The van der Waals surface area contributed by atoms with E-state index in [1.165, 1.54) is 54.7 Å². The van der Waals surface area contributed by atoms with Crippen molar-refractivity contribution < 1.29 is 37.1 Å². The molecule has 5 N–H and O–H groups in total. The van der Waals surface area contributed by atoms with Gasteiger partial charge in [0.15, 0.2) is 0 Å². The molecule has 5 aromatic rings.